The molecule has 7 heteroatoms. The smallest absolute Gasteiger partial charge is 0.337 e. The molecule has 0 radical (unpaired) electrons. The summed E-state index contributed by atoms with van der Waals surface area (Å²) in [4.78, 5) is 31.2. The second-order valence-electron chi connectivity index (χ2n) is 8.16. The van der Waals surface area contributed by atoms with Crippen molar-refractivity contribution in [3.63, 3.8) is 0 Å². The molecule has 31 heavy (non-hydrogen) atoms. The molecular formula is C24H26N4O3. The summed E-state index contributed by atoms with van der Waals surface area (Å²) in [6.45, 7) is 6.83. The molecule has 0 N–H and O–H groups in total. The van der Waals surface area contributed by atoms with Crippen molar-refractivity contribution in [1.82, 2.24) is 18.7 Å². The maximum absolute atomic E-state index is 13.4. The molecule has 2 aromatic heterocycles. The molecule has 2 aromatic carbocycles. The molecule has 160 valence electrons. The molecule has 4 aromatic rings. The normalized spacial score (nSPS) is 11.4. The number of nitrogens with zero attached hydrogens (tertiary/aromatic N) is 4. The first-order valence-corrected chi connectivity index (χ1v) is 10.3. The van der Waals surface area contributed by atoms with Gasteiger partial charge in [0.1, 0.15) is 5.75 Å². The van der Waals surface area contributed by atoms with Gasteiger partial charge in [-0.15, -0.1) is 0 Å². The molecule has 2 heterocycles. The fourth-order valence-corrected chi connectivity index (χ4v) is 3.68. The van der Waals surface area contributed by atoms with E-state index in [1.165, 1.54) is 14.7 Å². The van der Waals surface area contributed by atoms with Gasteiger partial charge in [0.2, 0.25) is 0 Å². The molecule has 0 aliphatic rings. The van der Waals surface area contributed by atoms with Crippen LogP contribution in [0.25, 0.3) is 16.9 Å². The Bertz CT molecular complexity index is 1330. The lowest BCUT2D eigenvalue weighted by Gasteiger charge is -2.14. The Morgan fingerprint density at radius 2 is 1.68 bits per heavy atom. The van der Waals surface area contributed by atoms with Gasteiger partial charge in [0, 0.05) is 13.1 Å². The third kappa shape index (κ3) is 3.91. The topological polar surface area (TPSA) is 71.1 Å². The molecule has 0 atom stereocenters. The van der Waals surface area contributed by atoms with Gasteiger partial charge < -0.3 is 9.30 Å². The van der Waals surface area contributed by atoms with Gasteiger partial charge in [-0.1, -0.05) is 43.7 Å². The van der Waals surface area contributed by atoms with Crippen molar-refractivity contribution in [2.24, 2.45) is 5.92 Å². The Labute approximate surface area is 180 Å². The summed E-state index contributed by atoms with van der Waals surface area (Å²) >= 11 is 0. The van der Waals surface area contributed by atoms with Gasteiger partial charge in [-0.25, -0.2) is 14.3 Å². The highest BCUT2D eigenvalue weighted by molar-refractivity contribution is 5.72. The Morgan fingerprint density at radius 1 is 1.00 bits per heavy atom. The highest BCUT2D eigenvalue weighted by Crippen LogP contribution is 2.18. The number of aromatic nitrogens is 4. The molecule has 7 nitrogen and oxygen atoms in total. The van der Waals surface area contributed by atoms with Gasteiger partial charge in [0.05, 0.1) is 19.1 Å². The van der Waals surface area contributed by atoms with E-state index < -0.39 is 5.69 Å². The maximum Gasteiger partial charge on any atom is 0.337 e. The number of fused-ring (bicyclic) bond motifs is 1. The van der Waals surface area contributed by atoms with Crippen molar-refractivity contribution in [3.05, 3.63) is 86.8 Å². The predicted molar refractivity (Wildman–Crippen MR) is 121 cm³/mol. The van der Waals surface area contributed by atoms with Crippen LogP contribution in [0.5, 0.6) is 5.75 Å². The van der Waals surface area contributed by atoms with Gasteiger partial charge >= 0.3 is 5.69 Å². The average molecular weight is 418 g/mol. The summed E-state index contributed by atoms with van der Waals surface area (Å²) in [6.07, 6.45) is 1.63. The summed E-state index contributed by atoms with van der Waals surface area (Å²) in [6, 6.07) is 15.3. The third-order valence-corrected chi connectivity index (χ3v) is 5.25. The molecule has 0 aliphatic carbocycles. The predicted octanol–water partition coefficient (Wildman–Crippen LogP) is 3.37. The van der Waals surface area contributed by atoms with E-state index in [2.05, 4.69) is 4.98 Å². The van der Waals surface area contributed by atoms with Crippen molar-refractivity contribution < 1.29 is 4.74 Å². The van der Waals surface area contributed by atoms with E-state index in [9.17, 15) is 9.59 Å². The zero-order valence-electron chi connectivity index (χ0n) is 18.2. The zero-order valence-corrected chi connectivity index (χ0v) is 18.2. The monoisotopic (exact) mass is 418 g/mol. The van der Waals surface area contributed by atoms with E-state index in [4.69, 9.17) is 4.74 Å². The fraction of sp³-hybridized carbons (Fsp3) is 0.292. The van der Waals surface area contributed by atoms with Crippen LogP contribution in [0.3, 0.4) is 0 Å². The first-order chi connectivity index (χ1) is 14.9. The molecular weight excluding hydrogens is 392 g/mol. The minimum atomic E-state index is -0.392. The van der Waals surface area contributed by atoms with Crippen LogP contribution in [0.1, 0.15) is 25.0 Å². The molecule has 0 amide bonds. The molecule has 4 rings (SSSR count). The number of ether oxygens (including phenoxy) is 1. The van der Waals surface area contributed by atoms with Crippen LogP contribution in [0.2, 0.25) is 0 Å². The molecule has 0 saturated heterocycles. The van der Waals surface area contributed by atoms with E-state index in [0.717, 1.165) is 5.56 Å². The largest absolute Gasteiger partial charge is 0.497 e. The second-order valence-corrected chi connectivity index (χ2v) is 8.16. The number of benzene rings is 2. The zero-order chi connectivity index (χ0) is 22.1. The standard InChI is InChI=1S/C24H26N4O3/c1-16(2)13-27-23(29)21-22(25-15-26(21)14-18-7-5-17(3)6-8-18)28(24(27)30)19-9-11-20(31-4)12-10-19/h5-12,15-16H,13-14H2,1-4H3. The summed E-state index contributed by atoms with van der Waals surface area (Å²) in [5.74, 6) is 0.828. The molecule has 0 aliphatic heterocycles. The minimum absolute atomic E-state index is 0.139. The lowest BCUT2D eigenvalue weighted by Crippen LogP contribution is -2.41. The van der Waals surface area contributed by atoms with Crippen molar-refractivity contribution in [3.8, 4) is 11.4 Å². The number of rotatable bonds is 6. The van der Waals surface area contributed by atoms with Crippen LogP contribution in [0, 0.1) is 12.8 Å². The molecule has 0 unspecified atom stereocenters. The SMILES string of the molecule is COc1ccc(-n2c(=O)n(CC(C)C)c(=O)c3c2ncn3Cc2ccc(C)cc2)cc1. The van der Waals surface area contributed by atoms with Crippen LogP contribution in [-0.2, 0) is 13.1 Å². The molecule has 0 saturated carbocycles. The summed E-state index contributed by atoms with van der Waals surface area (Å²) < 4.78 is 9.87. The minimum Gasteiger partial charge on any atom is -0.497 e. The lowest BCUT2D eigenvalue weighted by atomic mass is 10.1. The Balaban J connectivity index is 1.95. The summed E-state index contributed by atoms with van der Waals surface area (Å²) in [5.41, 5.74) is 2.92. The Kier molecular flexibility index (Phi) is 5.50. The van der Waals surface area contributed by atoms with E-state index in [1.54, 1.807) is 37.7 Å². The van der Waals surface area contributed by atoms with E-state index in [-0.39, 0.29) is 11.5 Å². The molecule has 0 spiro atoms. The van der Waals surface area contributed by atoms with Gasteiger partial charge in [-0.2, -0.15) is 0 Å². The van der Waals surface area contributed by atoms with Crippen LogP contribution in [-0.4, -0.2) is 25.8 Å². The third-order valence-electron chi connectivity index (χ3n) is 5.25. The van der Waals surface area contributed by atoms with Gasteiger partial charge in [0.15, 0.2) is 11.2 Å². The average Bonchev–Trinajstić information content (AvgIpc) is 3.16. The van der Waals surface area contributed by atoms with Crippen LogP contribution >= 0.6 is 0 Å². The van der Waals surface area contributed by atoms with Gasteiger partial charge in [-0.3, -0.25) is 9.36 Å². The number of hydrogen-bond acceptors (Lipinski definition) is 4. The summed E-state index contributed by atoms with van der Waals surface area (Å²) in [5, 5.41) is 0. The van der Waals surface area contributed by atoms with Crippen LogP contribution in [0.15, 0.2) is 64.4 Å². The maximum atomic E-state index is 13.4. The van der Waals surface area contributed by atoms with E-state index in [0.29, 0.717) is 35.7 Å². The quantitative estimate of drug-likeness (QED) is 0.481. The van der Waals surface area contributed by atoms with E-state index in [1.807, 2.05) is 49.6 Å². The number of methoxy groups -OCH3 is 1. The number of hydrogen-bond donors (Lipinski definition) is 0. The van der Waals surface area contributed by atoms with Crippen LogP contribution in [0.4, 0.5) is 0 Å². The van der Waals surface area contributed by atoms with Crippen molar-refractivity contribution in [2.75, 3.05) is 7.11 Å². The van der Waals surface area contributed by atoms with Gasteiger partial charge in [0.25, 0.3) is 5.56 Å². The van der Waals surface area contributed by atoms with Crippen molar-refractivity contribution in [2.45, 2.75) is 33.9 Å². The summed E-state index contributed by atoms with van der Waals surface area (Å²) in [7, 11) is 1.59. The fourth-order valence-electron chi connectivity index (χ4n) is 3.68. The highest BCUT2D eigenvalue weighted by atomic mass is 16.5. The molecule has 0 fully saturated rings. The Hall–Kier alpha value is -3.61. The van der Waals surface area contributed by atoms with E-state index >= 15 is 0 Å². The lowest BCUT2D eigenvalue weighted by molar-refractivity contribution is 0.414. The first-order valence-electron chi connectivity index (χ1n) is 10.3. The first kappa shape index (κ1) is 20.7. The number of imidazole rings is 1. The van der Waals surface area contributed by atoms with Crippen molar-refractivity contribution >= 4 is 11.2 Å². The number of aryl methyl sites for hydroxylation is 1. The molecule has 0 bridgehead atoms. The van der Waals surface area contributed by atoms with Gasteiger partial charge in [-0.05, 0) is 42.7 Å². The second kappa shape index (κ2) is 8.26. The Morgan fingerprint density at radius 3 is 2.29 bits per heavy atom. The van der Waals surface area contributed by atoms with Crippen molar-refractivity contribution in [1.29, 1.82) is 0 Å². The van der Waals surface area contributed by atoms with Crippen LogP contribution < -0.4 is 16.0 Å². The highest BCUT2D eigenvalue weighted by Gasteiger charge is 2.20.